The van der Waals surface area contributed by atoms with Crippen LogP contribution in [0.3, 0.4) is 0 Å². The maximum absolute atomic E-state index is 13.3. The fourth-order valence-electron chi connectivity index (χ4n) is 3.29. The van der Waals surface area contributed by atoms with E-state index in [4.69, 9.17) is 35.4 Å². The fraction of sp³-hybridized carbons (Fsp3) is 0.158. The molecule has 0 bridgehead atoms. The molecule has 4 rings (SSSR count). The lowest BCUT2D eigenvalue weighted by atomic mass is 9.88. The van der Waals surface area contributed by atoms with E-state index in [1.54, 1.807) is 43.8 Å². The van der Waals surface area contributed by atoms with Crippen molar-refractivity contribution in [2.45, 2.75) is 19.4 Å². The molecule has 8 heteroatoms. The van der Waals surface area contributed by atoms with E-state index in [1.165, 1.54) is 0 Å². The van der Waals surface area contributed by atoms with Crippen LogP contribution in [-0.4, -0.2) is 6.03 Å². The minimum atomic E-state index is -0.539. The SMILES string of the molecule is CC1(C)c2ssc(=S)c2-c2ccccc2N1C(=O)Nc1ccc(Cl)c(Cl)c1. The van der Waals surface area contributed by atoms with E-state index in [9.17, 15) is 4.79 Å². The van der Waals surface area contributed by atoms with Crippen LogP contribution in [0.5, 0.6) is 0 Å². The largest absolute Gasteiger partial charge is 0.327 e. The summed E-state index contributed by atoms with van der Waals surface area (Å²) in [4.78, 5) is 16.2. The van der Waals surface area contributed by atoms with Gasteiger partial charge in [0.1, 0.15) is 3.82 Å². The number of carbonyl (C=O) groups is 1. The van der Waals surface area contributed by atoms with Crippen molar-refractivity contribution in [2.75, 3.05) is 10.2 Å². The van der Waals surface area contributed by atoms with Gasteiger partial charge >= 0.3 is 6.03 Å². The topological polar surface area (TPSA) is 32.3 Å². The van der Waals surface area contributed by atoms with Crippen molar-refractivity contribution in [2.24, 2.45) is 0 Å². The molecule has 3 nitrogen and oxygen atoms in total. The van der Waals surface area contributed by atoms with Crippen molar-refractivity contribution in [1.82, 2.24) is 0 Å². The average Bonchev–Trinajstić information content (AvgIpc) is 3.01. The van der Waals surface area contributed by atoms with Crippen LogP contribution < -0.4 is 10.2 Å². The number of hydrogen-bond donors (Lipinski definition) is 1. The summed E-state index contributed by atoms with van der Waals surface area (Å²) in [5.74, 6) is 0. The van der Waals surface area contributed by atoms with E-state index in [0.717, 1.165) is 25.5 Å². The van der Waals surface area contributed by atoms with Gasteiger partial charge in [-0.2, -0.15) is 0 Å². The first kappa shape index (κ1) is 18.9. The molecule has 1 aromatic heterocycles. The molecule has 2 amide bonds. The molecule has 2 aromatic carbocycles. The van der Waals surface area contributed by atoms with E-state index in [1.807, 2.05) is 38.1 Å². The van der Waals surface area contributed by atoms with Crippen LogP contribution in [-0.2, 0) is 5.54 Å². The van der Waals surface area contributed by atoms with Crippen molar-refractivity contribution in [1.29, 1.82) is 0 Å². The number of fused-ring (bicyclic) bond motifs is 3. The highest BCUT2D eigenvalue weighted by Gasteiger charge is 2.42. The number of hydrogen-bond acceptors (Lipinski definition) is 4. The van der Waals surface area contributed by atoms with Crippen LogP contribution in [0.1, 0.15) is 18.7 Å². The third-order valence-corrected chi connectivity index (χ3v) is 8.60. The van der Waals surface area contributed by atoms with Gasteiger partial charge in [-0.15, -0.1) is 0 Å². The number of rotatable bonds is 1. The number of anilines is 2. The zero-order valence-corrected chi connectivity index (χ0v) is 18.3. The molecular weight excluding hydrogens is 439 g/mol. The number of para-hydroxylation sites is 1. The molecule has 0 unspecified atom stereocenters. The summed E-state index contributed by atoms with van der Waals surface area (Å²) in [6, 6.07) is 12.7. The summed E-state index contributed by atoms with van der Waals surface area (Å²) >= 11 is 17.6. The number of urea groups is 1. The molecular formula is C19H14Cl2N2OS3. The summed E-state index contributed by atoms with van der Waals surface area (Å²) in [6.07, 6.45) is 0. The second-order valence-corrected chi connectivity index (χ2v) is 10.3. The number of halogens is 2. The van der Waals surface area contributed by atoms with Gasteiger partial charge in [0.15, 0.2) is 0 Å². The number of nitrogens with zero attached hydrogens (tertiary/aromatic N) is 1. The summed E-state index contributed by atoms with van der Waals surface area (Å²) in [7, 11) is 3.21. The minimum Gasteiger partial charge on any atom is -0.307 e. The summed E-state index contributed by atoms with van der Waals surface area (Å²) in [5, 5.41) is 3.78. The van der Waals surface area contributed by atoms with Gasteiger partial charge in [-0.3, -0.25) is 4.90 Å². The van der Waals surface area contributed by atoms with Gasteiger partial charge in [0, 0.05) is 16.8 Å². The summed E-state index contributed by atoms with van der Waals surface area (Å²) in [5.41, 5.74) is 2.94. The van der Waals surface area contributed by atoms with Gasteiger partial charge in [-0.05, 0) is 38.1 Å². The third-order valence-electron chi connectivity index (χ3n) is 4.53. The first-order valence-corrected chi connectivity index (χ1v) is 11.4. The highest BCUT2D eigenvalue weighted by Crippen LogP contribution is 2.52. The van der Waals surface area contributed by atoms with Gasteiger partial charge in [0.05, 0.1) is 26.1 Å². The molecule has 0 saturated carbocycles. The molecule has 1 aliphatic rings. The molecule has 0 aliphatic carbocycles. The van der Waals surface area contributed by atoms with Gasteiger partial charge in [0.2, 0.25) is 0 Å². The van der Waals surface area contributed by atoms with Crippen LogP contribution in [0, 0.1) is 3.82 Å². The number of benzene rings is 2. The molecule has 0 spiro atoms. The first-order valence-electron chi connectivity index (χ1n) is 8.10. The molecule has 1 aliphatic heterocycles. The third kappa shape index (κ3) is 3.09. The van der Waals surface area contributed by atoms with E-state index < -0.39 is 5.54 Å². The predicted molar refractivity (Wildman–Crippen MR) is 119 cm³/mol. The molecule has 2 heterocycles. The summed E-state index contributed by atoms with van der Waals surface area (Å²) < 4.78 is 0.861. The second-order valence-electron chi connectivity index (χ2n) is 6.63. The van der Waals surface area contributed by atoms with E-state index in [-0.39, 0.29) is 6.03 Å². The van der Waals surface area contributed by atoms with Gasteiger partial charge in [-0.25, -0.2) is 4.79 Å². The number of amides is 2. The molecule has 0 fully saturated rings. The van der Waals surface area contributed by atoms with Crippen molar-refractivity contribution < 1.29 is 4.79 Å². The van der Waals surface area contributed by atoms with E-state index in [2.05, 4.69) is 5.32 Å². The number of nitrogens with one attached hydrogen (secondary N) is 1. The monoisotopic (exact) mass is 452 g/mol. The van der Waals surface area contributed by atoms with E-state index in [0.29, 0.717) is 15.7 Å². The zero-order chi connectivity index (χ0) is 19.3. The Morgan fingerprint density at radius 2 is 1.85 bits per heavy atom. The molecule has 0 radical (unpaired) electrons. The van der Waals surface area contributed by atoms with Crippen molar-refractivity contribution in [3.8, 4) is 11.1 Å². The zero-order valence-electron chi connectivity index (χ0n) is 14.4. The lowest BCUT2D eigenvalue weighted by molar-refractivity contribution is 0.251. The Labute approximate surface area is 179 Å². The van der Waals surface area contributed by atoms with Crippen molar-refractivity contribution >= 4 is 73.5 Å². The maximum Gasteiger partial charge on any atom is 0.327 e. The quantitative estimate of drug-likeness (QED) is 0.301. The van der Waals surface area contributed by atoms with Gasteiger partial charge < -0.3 is 5.32 Å². The second kappa shape index (κ2) is 6.87. The van der Waals surface area contributed by atoms with Crippen LogP contribution in [0.15, 0.2) is 42.5 Å². The highest BCUT2D eigenvalue weighted by molar-refractivity contribution is 7.80. The molecule has 1 N–H and O–H groups in total. The van der Waals surface area contributed by atoms with Gasteiger partial charge in [0.25, 0.3) is 0 Å². The van der Waals surface area contributed by atoms with Crippen molar-refractivity contribution in [3.63, 3.8) is 0 Å². The van der Waals surface area contributed by atoms with Crippen LogP contribution in [0.2, 0.25) is 10.0 Å². The Bertz CT molecular complexity index is 1120. The van der Waals surface area contributed by atoms with Crippen LogP contribution in [0.25, 0.3) is 11.1 Å². The maximum atomic E-state index is 13.3. The van der Waals surface area contributed by atoms with Crippen LogP contribution >= 0.6 is 56.1 Å². The lowest BCUT2D eigenvalue weighted by Crippen LogP contribution is -2.49. The minimum absolute atomic E-state index is 0.235. The van der Waals surface area contributed by atoms with E-state index >= 15 is 0 Å². The van der Waals surface area contributed by atoms with Gasteiger partial charge in [-0.1, -0.05) is 74.3 Å². The smallest absolute Gasteiger partial charge is 0.307 e. The van der Waals surface area contributed by atoms with Crippen LogP contribution in [0.4, 0.5) is 16.2 Å². The Kier molecular flexibility index (Phi) is 4.81. The lowest BCUT2D eigenvalue weighted by Gasteiger charge is -2.42. The summed E-state index contributed by atoms with van der Waals surface area (Å²) in [6.45, 7) is 4.07. The molecule has 138 valence electrons. The fourth-order valence-corrected chi connectivity index (χ4v) is 6.87. The van der Waals surface area contributed by atoms with Crippen molar-refractivity contribution in [3.05, 3.63) is 61.2 Å². The Morgan fingerprint density at radius 1 is 1.11 bits per heavy atom. The Morgan fingerprint density at radius 3 is 2.59 bits per heavy atom. The Hall–Kier alpha value is -1.44. The standard InChI is InChI=1S/C19H14Cl2N2OS3/c1-19(2)16-15(17(25)27-26-16)11-5-3-4-6-14(11)23(19)18(24)22-10-7-8-12(20)13(21)9-10/h3-9H,1-2H3,(H,22,24). The highest BCUT2D eigenvalue weighted by atomic mass is 35.5. The normalized spacial score (nSPS) is 14.4. The molecule has 27 heavy (non-hydrogen) atoms. The molecule has 3 aromatic rings. The first-order chi connectivity index (χ1) is 12.8. The Balaban J connectivity index is 1.81. The molecule has 0 saturated heterocycles. The molecule has 0 atom stereocenters. The number of carbonyl (C=O) groups excluding carboxylic acids is 1. The predicted octanol–water partition coefficient (Wildman–Crippen LogP) is 7.80. The average molecular weight is 453 g/mol.